The maximum absolute atomic E-state index is 11.8. The molecule has 2 aromatic rings. The Morgan fingerprint density at radius 1 is 1.12 bits per heavy atom. The fraction of sp³-hybridized carbons (Fsp3) is 0.222. The third-order valence-corrected chi connectivity index (χ3v) is 3.67. The number of carbonyl (C=O) groups is 1. The predicted octanol–water partition coefficient (Wildman–Crippen LogP) is 4.42. The topological polar surface area (TPSA) is 60.4 Å². The molecule has 0 radical (unpaired) electrons. The number of oxime groups is 1. The highest BCUT2D eigenvalue weighted by Gasteiger charge is 2.19. The van der Waals surface area contributed by atoms with Gasteiger partial charge in [-0.15, -0.1) is 0 Å². The molecule has 0 spiro atoms. The molecule has 2 rings (SSSR count). The van der Waals surface area contributed by atoms with Crippen LogP contribution < -0.4 is 5.06 Å². The highest BCUT2D eigenvalue weighted by atomic mass is 35.5. The third-order valence-electron chi connectivity index (χ3n) is 3.42. The van der Waals surface area contributed by atoms with Gasteiger partial charge < -0.3 is 9.57 Å². The van der Waals surface area contributed by atoms with Crippen molar-refractivity contribution in [2.75, 3.05) is 19.3 Å². The number of para-hydroxylation sites is 1. The number of benzene rings is 2. The Balaban J connectivity index is 2.12. The molecular formula is C18H19ClN2O4. The molecule has 0 saturated heterocycles. The number of ether oxygens (including phenoxy) is 1. The van der Waals surface area contributed by atoms with Gasteiger partial charge in [-0.3, -0.25) is 4.84 Å². The van der Waals surface area contributed by atoms with E-state index in [1.54, 1.807) is 24.3 Å². The Kier molecular flexibility index (Phi) is 6.80. The van der Waals surface area contributed by atoms with Crippen LogP contribution in [-0.4, -0.2) is 26.0 Å². The zero-order chi connectivity index (χ0) is 18.2. The largest absolute Gasteiger partial charge is 0.451 e. The fourth-order valence-electron chi connectivity index (χ4n) is 2.13. The van der Waals surface area contributed by atoms with Gasteiger partial charge in [0.05, 0.1) is 25.6 Å². The molecule has 0 saturated carbocycles. The van der Waals surface area contributed by atoms with Gasteiger partial charge in [-0.1, -0.05) is 47.1 Å². The molecule has 6 nitrogen and oxygen atoms in total. The van der Waals surface area contributed by atoms with E-state index in [4.69, 9.17) is 26.0 Å². The highest BCUT2D eigenvalue weighted by molar-refractivity contribution is 6.30. The molecule has 0 aliphatic carbocycles. The van der Waals surface area contributed by atoms with Gasteiger partial charge in [0.1, 0.15) is 6.61 Å². The second-order valence-electron chi connectivity index (χ2n) is 5.03. The van der Waals surface area contributed by atoms with Crippen LogP contribution in [0.3, 0.4) is 0 Å². The average molecular weight is 363 g/mol. The minimum absolute atomic E-state index is 0.165. The smallest absolute Gasteiger partial charge is 0.438 e. The van der Waals surface area contributed by atoms with Crippen molar-refractivity contribution >= 4 is 29.1 Å². The van der Waals surface area contributed by atoms with E-state index < -0.39 is 6.09 Å². The Labute approximate surface area is 151 Å². The molecule has 0 aliphatic rings. The quantitative estimate of drug-likeness (QED) is 0.564. The van der Waals surface area contributed by atoms with Crippen LogP contribution in [0.15, 0.2) is 53.7 Å². The molecule has 0 N–H and O–H groups in total. The van der Waals surface area contributed by atoms with E-state index in [1.165, 1.54) is 14.2 Å². The van der Waals surface area contributed by atoms with Crippen LogP contribution in [-0.2, 0) is 21.0 Å². The van der Waals surface area contributed by atoms with Crippen molar-refractivity contribution in [3.8, 4) is 0 Å². The molecule has 0 unspecified atom stereocenters. The first kappa shape index (κ1) is 18.8. The van der Waals surface area contributed by atoms with E-state index in [2.05, 4.69) is 5.16 Å². The van der Waals surface area contributed by atoms with E-state index in [-0.39, 0.29) is 6.61 Å². The van der Waals surface area contributed by atoms with Crippen molar-refractivity contribution < 1.29 is 19.2 Å². The van der Waals surface area contributed by atoms with Gasteiger partial charge in [0.2, 0.25) is 0 Å². The normalized spacial score (nSPS) is 11.1. The molecule has 0 bridgehead atoms. The lowest BCUT2D eigenvalue weighted by atomic mass is 10.1. The summed E-state index contributed by atoms with van der Waals surface area (Å²) in [5.41, 5.74) is 2.87. The van der Waals surface area contributed by atoms with Crippen LogP contribution >= 0.6 is 11.6 Å². The van der Waals surface area contributed by atoms with Gasteiger partial charge in [0, 0.05) is 10.6 Å². The average Bonchev–Trinajstić information content (AvgIpc) is 2.63. The van der Waals surface area contributed by atoms with Gasteiger partial charge in [0.25, 0.3) is 0 Å². The number of carbonyl (C=O) groups excluding carboxylic acids is 1. The highest BCUT2D eigenvalue weighted by Crippen LogP contribution is 2.22. The molecule has 0 atom stereocenters. The summed E-state index contributed by atoms with van der Waals surface area (Å²) >= 11 is 5.87. The van der Waals surface area contributed by atoms with Gasteiger partial charge >= 0.3 is 6.09 Å². The Hall–Kier alpha value is -2.57. The molecule has 0 heterocycles. The molecule has 2 aromatic carbocycles. The van der Waals surface area contributed by atoms with Crippen LogP contribution in [0.1, 0.15) is 18.1 Å². The number of nitrogens with zero attached hydrogens (tertiary/aromatic N) is 2. The van der Waals surface area contributed by atoms with E-state index in [0.29, 0.717) is 16.4 Å². The molecule has 132 valence electrons. The number of hydrogen-bond acceptors (Lipinski definition) is 5. The molecule has 0 aromatic heterocycles. The van der Waals surface area contributed by atoms with Gasteiger partial charge in [0.15, 0.2) is 0 Å². The van der Waals surface area contributed by atoms with Crippen LogP contribution in [0.4, 0.5) is 10.5 Å². The van der Waals surface area contributed by atoms with E-state index in [1.807, 2.05) is 31.2 Å². The number of anilines is 1. The first-order valence-electron chi connectivity index (χ1n) is 7.49. The second-order valence-corrected chi connectivity index (χ2v) is 5.47. The van der Waals surface area contributed by atoms with E-state index >= 15 is 0 Å². The minimum atomic E-state index is -0.629. The summed E-state index contributed by atoms with van der Waals surface area (Å²) in [5, 5.41) is 5.82. The monoisotopic (exact) mass is 362 g/mol. The summed E-state index contributed by atoms with van der Waals surface area (Å²) in [6.07, 6.45) is -0.629. The molecule has 0 aliphatic heterocycles. The van der Waals surface area contributed by atoms with E-state index in [0.717, 1.165) is 16.2 Å². The van der Waals surface area contributed by atoms with Gasteiger partial charge in [-0.2, -0.15) is 5.06 Å². The van der Waals surface area contributed by atoms with Crippen molar-refractivity contribution in [3.05, 3.63) is 64.7 Å². The van der Waals surface area contributed by atoms with Crippen molar-refractivity contribution in [2.24, 2.45) is 5.16 Å². The van der Waals surface area contributed by atoms with Crippen LogP contribution in [0.2, 0.25) is 5.02 Å². The standard InChI is InChI=1S/C18H19ClN2O4/c1-13(14-8-10-16(19)11-9-14)20-25-12-15-6-4-5-7-17(15)21(24-3)18(22)23-2/h4-11H,12H2,1-3H3/b20-13+. The number of hydroxylamine groups is 1. The Morgan fingerprint density at radius 2 is 1.80 bits per heavy atom. The summed E-state index contributed by atoms with van der Waals surface area (Å²) in [6.45, 7) is 2.00. The first-order valence-corrected chi connectivity index (χ1v) is 7.87. The fourth-order valence-corrected chi connectivity index (χ4v) is 2.25. The summed E-state index contributed by atoms with van der Waals surface area (Å²) in [6, 6.07) is 14.5. The summed E-state index contributed by atoms with van der Waals surface area (Å²) in [5.74, 6) is 0. The summed E-state index contributed by atoms with van der Waals surface area (Å²) in [7, 11) is 2.67. The molecular weight excluding hydrogens is 344 g/mol. The van der Waals surface area contributed by atoms with Gasteiger partial charge in [-0.25, -0.2) is 4.79 Å². The lowest BCUT2D eigenvalue weighted by Gasteiger charge is -2.20. The number of rotatable bonds is 6. The van der Waals surface area contributed by atoms with E-state index in [9.17, 15) is 4.79 Å². The summed E-state index contributed by atoms with van der Waals surface area (Å²) < 4.78 is 4.71. The van der Waals surface area contributed by atoms with Gasteiger partial charge in [-0.05, 0) is 30.7 Å². The Morgan fingerprint density at radius 3 is 2.44 bits per heavy atom. The Bertz CT molecular complexity index is 747. The number of hydrogen-bond donors (Lipinski definition) is 0. The maximum Gasteiger partial charge on any atom is 0.438 e. The molecule has 25 heavy (non-hydrogen) atoms. The third kappa shape index (κ3) is 4.95. The maximum atomic E-state index is 11.8. The second kappa shape index (κ2) is 9.05. The molecule has 1 amide bonds. The zero-order valence-electron chi connectivity index (χ0n) is 14.2. The van der Waals surface area contributed by atoms with Crippen LogP contribution in [0.25, 0.3) is 0 Å². The number of methoxy groups -OCH3 is 1. The van der Waals surface area contributed by atoms with Crippen LogP contribution in [0.5, 0.6) is 0 Å². The van der Waals surface area contributed by atoms with Crippen LogP contribution in [0, 0.1) is 0 Å². The lowest BCUT2D eigenvalue weighted by Crippen LogP contribution is -2.30. The first-order chi connectivity index (χ1) is 12.1. The van der Waals surface area contributed by atoms with Crippen molar-refractivity contribution in [1.29, 1.82) is 0 Å². The lowest BCUT2D eigenvalue weighted by molar-refractivity contribution is 0.111. The molecule has 7 heteroatoms. The zero-order valence-corrected chi connectivity index (χ0v) is 15.0. The molecule has 0 fully saturated rings. The van der Waals surface area contributed by atoms with Crippen molar-refractivity contribution in [2.45, 2.75) is 13.5 Å². The number of halogens is 1. The van der Waals surface area contributed by atoms with Crippen molar-refractivity contribution in [1.82, 2.24) is 0 Å². The summed E-state index contributed by atoms with van der Waals surface area (Å²) in [4.78, 5) is 22.3. The SMILES string of the molecule is COC(=O)N(OC)c1ccccc1CO/N=C(\C)c1ccc(Cl)cc1. The predicted molar refractivity (Wildman–Crippen MR) is 96.8 cm³/mol. The van der Waals surface area contributed by atoms with Crippen molar-refractivity contribution in [3.63, 3.8) is 0 Å². The number of amides is 1. The minimum Gasteiger partial charge on any atom is -0.451 e.